The zero-order valence-corrected chi connectivity index (χ0v) is 16.6. The molecule has 7 nitrogen and oxygen atoms in total. The molecule has 148 valence electrons. The summed E-state index contributed by atoms with van der Waals surface area (Å²) >= 11 is 0. The maximum Gasteiger partial charge on any atom is 0.255 e. The van der Waals surface area contributed by atoms with Crippen molar-refractivity contribution in [3.05, 3.63) is 71.7 Å². The van der Waals surface area contributed by atoms with Gasteiger partial charge in [0.1, 0.15) is 5.69 Å². The van der Waals surface area contributed by atoms with E-state index in [9.17, 15) is 4.79 Å². The predicted octanol–water partition coefficient (Wildman–Crippen LogP) is 3.70. The molecule has 1 fully saturated rings. The third kappa shape index (κ3) is 4.23. The zero-order valence-electron chi connectivity index (χ0n) is 16.6. The molecule has 0 aliphatic carbocycles. The van der Waals surface area contributed by atoms with Crippen molar-refractivity contribution in [2.45, 2.75) is 32.6 Å². The Balaban J connectivity index is 1.55. The molecule has 1 atom stereocenters. The van der Waals surface area contributed by atoms with Gasteiger partial charge in [-0.2, -0.15) is 0 Å². The molecule has 4 rings (SSSR count). The lowest BCUT2D eigenvalue weighted by Gasteiger charge is -2.32. The first-order valence-electron chi connectivity index (χ1n) is 9.74. The van der Waals surface area contributed by atoms with Gasteiger partial charge in [-0.05, 0) is 51.0 Å². The third-order valence-electron chi connectivity index (χ3n) is 5.11. The van der Waals surface area contributed by atoms with Crippen LogP contribution in [0.4, 0.5) is 0 Å². The molecule has 0 saturated carbocycles. The number of carbonyl (C=O) groups excluding carboxylic acids is 1. The number of pyridine rings is 2. The Hall–Kier alpha value is -3.35. The molecule has 0 bridgehead atoms. The van der Waals surface area contributed by atoms with Crippen molar-refractivity contribution in [1.82, 2.24) is 24.8 Å². The number of hydrogen-bond acceptors (Lipinski definition) is 6. The standard InChI is InChI=1S/C22H23N5O2/c1-15-7-8-17(13-26-15)22(28)27-12-4-5-18(14-27)20-21(25-11-10-24-20)29-19-6-3-9-23-16(19)2/h3,6-11,13,18H,4-5,12,14H2,1-2H3/t18-/m1/s1. The fourth-order valence-corrected chi connectivity index (χ4v) is 3.54. The van der Waals surface area contributed by atoms with Crippen LogP contribution in [0.1, 0.15) is 46.2 Å². The number of rotatable bonds is 4. The van der Waals surface area contributed by atoms with E-state index >= 15 is 0 Å². The quantitative estimate of drug-likeness (QED) is 0.677. The molecule has 0 unspecified atom stereocenters. The number of piperidine rings is 1. The molecule has 0 radical (unpaired) electrons. The molecular formula is C22H23N5O2. The molecule has 1 aliphatic heterocycles. The van der Waals surface area contributed by atoms with Gasteiger partial charge in [-0.1, -0.05) is 0 Å². The van der Waals surface area contributed by atoms with Crippen LogP contribution in [0.5, 0.6) is 11.6 Å². The zero-order chi connectivity index (χ0) is 20.2. The molecule has 29 heavy (non-hydrogen) atoms. The molecule has 1 amide bonds. The molecule has 7 heteroatoms. The highest BCUT2D eigenvalue weighted by Gasteiger charge is 2.29. The minimum atomic E-state index is -0.00309. The number of likely N-dealkylation sites (tertiary alicyclic amines) is 1. The summed E-state index contributed by atoms with van der Waals surface area (Å²) in [7, 11) is 0. The van der Waals surface area contributed by atoms with Crippen LogP contribution in [-0.4, -0.2) is 43.8 Å². The molecule has 0 aromatic carbocycles. The molecule has 1 aliphatic rings. The predicted molar refractivity (Wildman–Crippen MR) is 108 cm³/mol. The highest BCUT2D eigenvalue weighted by Crippen LogP contribution is 2.33. The fraction of sp³-hybridized carbons (Fsp3) is 0.318. The smallest absolute Gasteiger partial charge is 0.255 e. The Kier molecular flexibility index (Phi) is 5.46. The molecule has 0 N–H and O–H groups in total. The molecule has 3 aromatic heterocycles. The Morgan fingerprint density at radius 3 is 2.72 bits per heavy atom. The summed E-state index contributed by atoms with van der Waals surface area (Å²) in [5.74, 6) is 1.19. The highest BCUT2D eigenvalue weighted by molar-refractivity contribution is 5.94. The van der Waals surface area contributed by atoms with Crippen molar-refractivity contribution in [1.29, 1.82) is 0 Å². The van der Waals surface area contributed by atoms with Gasteiger partial charge in [-0.15, -0.1) is 0 Å². The van der Waals surface area contributed by atoms with Crippen LogP contribution >= 0.6 is 0 Å². The third-order valence-corrected chi connectivity index (χ3v) is 5.11. The molecular weight excluding hydrogens is 366 g/mol. The van der Waals surface area contributed by atoms with Gasteiger partial charge in [0.05, 0.1) is 11.3 Å². The first-order chi connectivity index (χ1) is 14.1. The van der Waals surface area contributed by atoms with E-state index in [2.05, 4.69) is 19.9 Å². The van der Waals surface area contributed by atoms with Crippen molar-refractivity contribution < 1.29 is 9.53 Å². The van der Waals surface area contributed by atoms with Crippen molar-refractivity contribution in [2.75, 3.05) is 13.1 Å². The highest BCUT2D eigenvalue weighted by atomic mass is 16.5. The number of nitrogens with zero attached hydrogens (tertiary/aromatic N) is 5. The van der Waals surface area contributed by atoms with Gasteiger partial charge >= 0.3 is 0 Å². The number of aryl methyl sites for hydroxylation is 2. The summed E-state index contributed by atoms with van der Waals surface area (Å²) < 4.78 is 6.04. The summed E-state index contributed by atoms with van der Waals surface area (Å²) in [4.78, 5) is 32.2. The minimum Gasteiger partial charge on any atom is -0.435 e. The Labute approximate surface area is 169 Å². The van der Waals surface area contributed by atoms with E-state index in [0.29, 0.717) is 23.7 Å². The van der Waals surface area contributed by atoms with E-state index in [4.69, 9.17) is 4.74 Å². The first-order valence-corrected chi connectivity index (χ1v) is 9.74. The summed E-state index contributed by atoms with van der Waals surface area (Å²) in [6.07, 6.45) is 8.49. The number of amides is 1. The average Bonchev–Trinajstić information content (AvgIpc) is 2.76. The van der Waals surface area contributed by atoms with Crippen molar-refractivity contribution in [3.8, 4) is 11.6 Å². The lowest BCUT2D eigenvalue weighted by atomic mass is 9.94. The van der Waals surface area contributed by atoms with E-state index in [0.717, 1.165) is 36.5 Å². The van der Waals surface area contributed by atoms with Crippen LogP contribution in [0.3, 0.4) is 0 Å². The van der Waals surface area contributed by atoms with Gasteiger partial charge < -0.3 is 9.64 Å². The minimum absolute atomic E-state index is 0.00309. The Morgan fingerprint density at radius 2 is 1.93 bits per heavy atom. The number of ether oxygens (including phenoxy) is 1. The van der Waals surface area contributed by atoms with Gasteiger partial charge in [0, 0.05) is 49.5 Å². The summed E-state index contributed by atoms with van der Waals surface area (Å²) in [5.41, 5.74) is 3.06. The second-order valence-corrected chi connectivity index (χ2v) is 7.21. The summed E-state index contributed by atoms with van der Waals surface area (Å²) in [5, 5.41) is 0. The van der Waals surface area contributed by atoms with E-state index in [1.165, 1.54) is 0 Å². The van der Waals surface area contributed by atoms with Crippen molar-refractivity contribution in [2.24, 2.45) is 0 Å². The van der Waals surface area contributed by atoms with Gasteiger partial charge in [0.2, 0.25) is 5.88 Å². The maximum absolute atomic E-state index is 12.9. The van der Waals surface area contributed by atoms with Crippen LogP contribution in [-0.2, 0) is 0 Å². The van der Waals surface area contributed by atoms with Crippen LogP contribution in [0.2, 0.25) is 0 Å². The monoisotopic (exact) mass is 389 g/mol. The first kappa shape index (κ1) is 19.0. The van der Waals surface area contributed by atoms with Crippen LogP contribution < -0.4 is 4.74 Å². The van der Waals surface area contributed by atoms with Gasteiger partial charge in [-0.3, -0.25) is 19.7 Å². The molecule has 0 spiro atoms. The second kappa shape index (κ2) is 8.34. The number of aromatic nitrogens is 4. The average molecular weight is 389 g/mol. The summed E-state index contributed by atoms with van der Waals surface area (Å²) in [6.45, 7) is 5.10. The topological polar surface area (TPSA) is 81.1 Å². The van der Waals surface area contributed by atoms with Gasteiger partial charge in [0.15, 0.2) is 5.75 Å². The lowest BCUT2D eigenvalue weighted by Crippen LogP contribution is -2.39. The van der Waals surface area contributed by atoms with Crippen LogP contribution in [0.25, 0.3) is 0 Å². The van der Waals surface area contributed by atoms with E-state index in [1.807, 2.05) is 43.0 Å². The maximum atomic E-state index is 12.9. The summed E-state index contributed by atoms with van der Waals surface area (Å²) in [6, 6.07) is 7.38. The largest absolute Gasteiger partial charge is 0.435 e. The van der Waals surface area contributed by atoms with Gasteiger partial charge in [-0.25, -0.2) is 4.98 Å². The number of carbonyl (C=O) groups is 1. The van der Waals surface area contributed by atoms with Gasteiger partial charge in [0.25, 0.3) is 5.91 Å². The van der Waals surface area contributed by atoms with E-state index < -0.39 is 0 Å². The normalized spacial score (nSPS) is 16.5. The number of hydrogen-bond donors (Lipinski definition) is 0. The van der Waals surface area contributed by atoms with E-state index in [1.54, 1.807) is 24.8 Å². The molecule has 3 aromatic rings. The van der Waals surface area contributed by atoms with Crippen LogP contribution in [0, 0.1) is 13.8 Å². The SMILES string of the molecule is Cc1ccc(C(=O)N2CCC[C@@H](c3nccnc3Oc3cccnc3C)C2)cn1. The fourth-order valence-electron chi connectivity index (χ4n) is 3.54. The van der Waals surface area contributed by atoms with Crippen LogP contribution in [0.15, 0.2) is 49.1 Å². The van der Waals surface area contributed by atoms with Crippen molar-refractivity contribution in [3.63, 3.8) is 0 Å². The molecule has 4 heterocycles. The molecule has 1 saturated heterocycles. The Morgan fingerprint density at radius 1 is 1.07 bits per heavy atom. The second-order valence-electron chi connectivity index (χ2n) is 7.21. The lowest BCUT2D eigenvalue weighted by molar-refractivity contribution is 0.0704. The Bertz CT molecular complexity index is 1010. The van der Waals surface area contributed by atoms with Crippen molar-refractivity contribution >= 4 is 5.91 Å². The van der Waals surface area contributed by atoms with E-state index in [-0.39, 0.29) is 11.8 Å².